The Morgan fingerprint density at radius 3 is 2.27 bits per heavy atom. The summed E-state index contributed by atoms with van der Waals surface area (Å²) in [6.45, 7) is 5.07. The second-order valence-electron chi connectivity index (χ2n) is 4.94. The van der Waals surface area contributed by atoms with E-state index in [-0.39, 0.29) is 10.8 Å². The summed E-state index contributed by atoms with van der Waals surface area (Å²) in [7, 11) is -3.91. The molecule has 2 aromatic carbocycles. The van der Waals surface area contributed by atoms with Crippen molar-refractivity contribution in [3.05, 3.63) is 53.6 Å². The van der Waals surface area contributed by atoms with E-state index in [0.717, 1.165) is 11.1 Å². The lowest BCUT2D eigenvalue weighted by Crippen LogP contribution is -2.11. The normalized spacial score (nSPS) is 11.0. The molecule has 0 heterocycles. The van der Waals surface area contributed by atoms with Crippen molar-refractivity contribution in [2.24, 2.45) is 0 Å². The van der Waals surface area contributed by atoms with Crippen LogP contribution in [0.2, 0.25) is 0 Å². The monoisotopic (exact) mass is 319 g/mol. The van der Waals surface area contributed by atoms with Crippen molar-refractivity contribution in [2.45, 2.75) is 25.7 Å². The van der Waals surface area contributed by atoms with Crippen molar-refractivity contribution in [3.63, 3.8) is 0 Å². The van der Waals surface area contributed by atoms with Crippen molar-refractivity contribution in [3.8, 4) is 5.75 Å². The van der Waals surface area contributed by atoms with E-state index in [2.05, 4.69) is 5.32 Å². The molecule has 0 saturated heterocycles. The Hall–Kier alpha value is -2.34. The van der Waals surface area contributed by atoms with Crippen molar-refractivity contribution in [1.29, 1.82) is 0 Å². The van der Waals surface area contributed by atoms with Gasteiger partial charge in [-0.1, -0.05) is 12.1 Å². The van der Waals surface area contributed by atoms with Crippen LogP contribution in [0.15, 0.2) is 47.4 Å². The van der Waals surface area contributed by atoms with Crippen LogP contribution >= 0.6 is 0 Å². The van der Waals surface area contributed by atoms with Gasteiger partial charge >= 0.3 is 10.1 Å². The van der Waals surface area contributed by atoms with E-state index >= 15 is 0 Å². The lowest BCUT2D eigenvalue weighted by atomic mass is 10.1. The zero-order valence-electron chi connectivity index (χ0n) is 12.6. The number of hydrogen-bond acceptors (Lipinski definition) is 4. The van der Waals surface area contributed by atoms with Crippen molar-refractivity contribution in [1.82, 2.24) is 0 Å². The van der Waals surface area contributed by atoms with Gasteiger partial charge in [0.05, 0.1) is 0 Å². The Kier molecular flexibility index (Phi) is 4.51. The fraction of sp³-hybridized carbons (Fsp3) is 0.188. The molecular weight excluding hydrogens is 302 g/mol. The molecule has 0 fully saturated rings. The number of amides is 1. The molecule has 0 spiro atoms. The third kappa shape index (κ3) is 3.65. The van der Waals surface area contributed by atoms with Crippen LogP contribution in [0.3, 0.4) is 0 Å². The minimum Gasteiger partial charge on any atom is -0.379 e. The zero-order valence-corrected chi connectivity index (χ0v) is 13.4. The molecule has 0 aliphatic carbocycles. The molecule has 1 amide bonds. The molecule has 6 heteroatoms. The van der Waals surface area contributed by atoms with Crippen LogP contribution < -0.4 is 9.50 Å². The quantitative estimate of drug-likeness (QED) is 0.879. The Bertz CT molecular complexity index is 795. The molecule has 116 valence electrons. The van der Waals surface area contributed by atoms with Crippen LogP contribution in [-0.2, 0) is 14.9 Å². The van der Waals surface area contributed by atoms with E-state index in [1.54, 1.807) is 19.1 Å². The molecule has 0 aliphatic heterocycles. The van der Waals surface area contributed by atoms with Gasteiger partial charge in [0.2, 0.25) is 5.91 Å². The van der Waals surface area contributed by atoms with E-state index in [1.165, 1.54) is 31.2 Å². The maximum absolute atomic E-state index is 12.3. The van der Waals surface area contributed by atoms with Crippen molar-refractivity contribution in [2.75, 3.05) is 5.32 Å². The second-order valence-corrected chi connectivity index (χ2v) is 6.49. The number of rotatable bonds is 4. The molecule has 1 N–H and O–H groups in total. The van der Waals surface area contributed by atoms with Gasteiger partial charge in [-0.15, -0.1) is 0 Å². The highest BCUT2D eigenvalue weighted by atomic mass is 32.2. The molecule has 0 aromatic heterocycles. The maximum Gasteiger partial charge on any atom is 0.339 e. The third-order valence-electron chi connectivity index (χ3n) is 3.22. The predicted molar refractivity (Wildman–Crippen MR) is 84.5 cm³/mol. The molecule has 0 bridgehead atoms. The van der Waals surface area contributed by atoms with Crippen LogP contribution in [0.25, 0.3) is 0 Å². The molecular formula is C16H17NO4S. The number of carbonyl (C=O) groups is 1. The molecule has 0 unspecified atom stereocenters. The molecule has 2 aromatic rings. The predicted octanol–water partition coefficient (Wildman–Crippen LogP) is 3.03. The summed E-state index contributed by atoms with van der Waals surface area (Å²) in [6, 6.07) is 11.1. The standard InChI is InChI=1S/C16H17NO4S/c1-11-5-4-6-16(12(11)2)21-22(19,20)15-9-7-14(8-10-15)17-13(3)18/h4-10H,1-3H3,(H,17,18). The number of carbonyl (C=O) groups excluding carboxylic acids is 1. The van der Waals surface area contributed by atoms with Gasteiger partial charge in [-0.2, -0.15) is 8.42 Å². The van der Waals surface area contributed by atoms with E-state index in [0.29, 0.717) is 11.4 Å². The van der Waals surface area contributed by atoms with Gasteiger partial charge in [0.25, 0.3) is 0 Å². The number of nitrogens with one attached hydrogen (secondary N) is 1. The van der Waals surface area contributed by atoms with Gasteiger partial charge in [0.15, 0.2) is 0 Å². The third-order valence-corrected chi connectivity index (χ3v) is 4.47. The SMILES string of the molecule is CC(=O)Nc1ccc(S(=O)(=O)Oc2cccc(C)c2C)cc1. The van der Waals surface area contributed by atoms with Crippen LogP contribution in [-0.4, -0.2) is 14.3 Å². The first-order valence-electron chi connectivity index (χ1n) is 6.68. The number of anilines is 1. The maximum atomic E-state index is 12.3. The van der Waals surface area contributed by atoms with Gasteiger partial charge in [-0.05, 0) is 55.3 Å². The average molecular weight is 319 g/mol. The summed E-state index contributed by atoms with van der Waals surface area (Å²) in [5.74, 6) is 0.0909. The highest BCUT2D eigenvalue weighted by Gasteiger charge is 2.18. The fourth-order valence-corrected chi connectivity index (χ4v) is 2.87. The van der Waals surface area contributed by atoms with Gasteiger partial charge in [-0.25, -0.2) is 0 Å². The van der Waals surface area contributed by atoms with Crippen LogP contribution in [0.4, 0.5) is 5.69 Å². The topological polar surface area (TPSA) is 72.5 Å². The fourth-order valence-electron chi connectivity index (χ4n) is 1.89. The number of benzene rings is 2. The van der Waals surface area contributed by atoms with Gasteiger partial charge in [0, 0.05) is 12.6 Å². The average Bonchev–Trinajstić information content (AvgIpc) is 2.44. The molecule has 0 atom stereocenters. The van der Waals surface area contributed by atoms with Crippen LogP contribution in [0.5, 0.6) is 5.75 Å². The van der Waals surface area contributed by atoms with E-state index in [4.69, 9.17) is 4.18 Å². The van der Waals surface area contributed by atoms with E-state index in [1.807, 2.05) is 13.0 Å². The van der Waals surface area contributed by atoms with Gasteiger partial charge < -0.3 is 9.50 Å². The molecule has 5 nitrogen and oxygen atoms in total. The van der Waals surface area contributed by atoms with Gasteiger partial charge in [0.1, 0.15) is 10.6 Å². The largest absolute Gasteiger partial charge is 0.379 e. The summed E-state index contributed by atoms with van der Waals surface area (Å²) < 4.78 is 29.8. The molecule has 0 radical (unpaired) electrons. The molecule has 2 rings (SSSR count). The second kappa shape index (κ2) is 6.19. The van der Waals surface area contributed by atoms with Crippen LogP contribution in [0.1, 0.15) is 18.1 Å². The lowest BCUT2D eigenvalue weighted by Gasteiger charge is -2.11. The summed E-state index contributed by atoms with van der Waals surface area (Å²) >= 11 is 0. The molecule has 0 saturated carbocycles. The Morgan fingerprint density at radius 2 is 1.68 bits per heavy atom. The first-order valence-corrected chi connectivity index (χ1v) is 8.09. The van der Waals surface area contributed by atoms with E-state index in [9.17, 15) is 13.2 Å². The molecule has 0 aliphatic rings. The van der Waals surface area contributed by atoms with Gasteiger partial charge in [-0.3, -0.25) is 4.79 Å². The summed E-state index contributed by atoms with van der Waals surface area (Å²) in [5.41, 5.74) is 2.26. The van der Waals surface area contributed by atoms with Crippen molar-refractivity contribution < 1.29 is 17.4 Å². The number of aryl methyl sites for hydroxylation is 1. The summed E-state index contributed by atoms with van der Waals surface area (Å²) in [4.78, 5) is 11.0. The van der Waals surface area contributed by atoms with Crippen molar-refractivity contribution >= 4 is 21.7 Å². The Morgan fingerprint density at radius 1 is 1.05 bits per heavy atom. The smallest absolute Gasteiger partial charge is 0.339 e. The Labute approximate surface area is 130 Å². The first kappa shape index (κ1) is 16.0. The highest BCUT2D eigenvalue weighted by molar-refractivity contribution is 7.87. The highest BCUT2D eigenvalue weighted by Crippen LogP contribution is 2.25. The number of hydrogen-bond donors (Lipinski definition) is 1. The van der Waals surface area contributed by atoms with E-state index < -0.39 is 10.1 Å². The lowest BCUT2D eigenvalue weighted by molar-refractivity contribution is -0.114. The zero-order chi connectivity index (χ0) is 16.3. The summed E-state index contributed by atoms with van der Waals surface area (Å²) in [6.07, 6.45) is 0. The van der Waals surface area contributed by atoms with Crippen LogP contribution in [0, 0.1) is 13.8 Å². The first-order chi connectivity index (χ1) is 10.3. The molecule has 22 heavy (non-hydrogen) atoms. The Balaban J connectivity index is 2.27. The minimum absolute atomic E-state index is 0.0301. The summed E-state index contributed by atoms with van der Waals surface area (Å²) in [5, 5.41) is 2.58. The minimum atomic E-state index is -3.91.